The van der Waals surface area contributed by atoms with E-state index in [1.807, 2.05) is 6.07 Å². The molecule has 2 aromatic rings. The third-order valence-electron chi connectivity index (χ3n) is 7.44. The topological polar surface area (TPSA) is 32.8 Å². The van der Waals surface area contributed by atoms with E-state index in [0.29, 0.717) is 11.8 Å². The Morgan fingerprint density at radius 3 is 2.16 bits per heavy atom. The number of hydrogen-bond donors (Lipinski definition) is 0. The Bertz CT molecular complexity index is 862. The minimum Gasteiger partial charge on any atom is -0.379 e. The molecule has 0 spiro atoms. The molecule has 0 N–H and O–H groups in total. The van der Waals surface area contributed by atoms with Gasteiger partial charge in [-0.25, -0.2) is 0 Å². The highest BCUT2D eigenvalue weighted by atomic mass is 16.5. The van der Waals surface area contributed by atoms with Crippen LogP contribution in [0.2, 0.25) is 0 Å². The maximum atomic E-state index is 13.3. The molecule has 1 aliphatic carbocycles. The minimum atomic E-state index is -0.218. The number of amides is 1. The standard InChI is InChI=1S/C27H34N2O2/c30-26(27(12-13-27)25-4-2-1-3-5-25)29-14-10-23(11-15-29)20-22-6-8-24(9-7-22)21-28-16-18-31-19-17-28/h1-9,23H,10-21H2. The van der Waals surface area contributed by atoms with Gasteiger partial charge < -0.3 is 9.64 Å². The lowest BCUT2D eigenvalue weighted by atomic mass is 9.88. The fourth-order valence-corrected chi connectivity index (χ4v) is 5.28. The van der Waals surface area contributed by atoms with Crippen molar-refractivity contribution in [1.29, 1.82) is 0 Å². The first-order valence-electron chi connectivity index (χ1n) is 12.0. The van der Waals surface area contributed by atoms with Crippen LogP contribution in [0, 0.1) is 5.92 Å². The monoisotopic (exact) mass is 418 g/mol. The normalized spacial score (nSPS) is 21.7. The lowest BCUT2D eigenvalue weighted by Gasteiger charge is -2.34. The summed E-state index contributed by atoms with van der Waals surface area (Å²) < 4.78 is 5.44. The molecule has 2 heterocycles. The number of carbonyl (C=O) groups is 1. The maximum Gasteiger partial charge on any atom is 0.233 e. The summed E-state index contributed by atoms with van der Waals surface area (Å²) in [6.45, 7) is 6.61. The Labute approximate surface area is 186 Å². The fraction of sp³-hybridized carbons (Fsp3) is 0.519. The van der Waals surface area contributed by atoms with Gasteiger partial charge in [-0.1, -0.05) is 54.6 Å². The molecule has 4 heteroatoms. The van der Waals surface area contributed by atoms with Crippen LogP contribution in [0.5, 0.6) is 0 Å². The number of carbonyl (C=O) groups excluding carboxylic acids is 1. The fourth-order valence-electron chi connectivity index (χ4n) is 5.28. The predicted octanol–water partition coefficient (Wildman–Crippen LogP) is 4.03. The van der Waals surface area contributed by atoms with E-state index >= 15 is 0 Å². The SMILES string of the molecule is O=C(N1CCC(Cc2ccc(CN3CCOCC3)cc2)CC1)C1(c2ccccc2)CC1. The Kier molecular flexibility index (Phi) is 6.10. The highest BCUT2D eigenvalue weighted by molar-refractivity contribution is 5.91. The highest BCUT2D eigenvalue weighted by Gasteiger charge is 2.53. The lowest BCUT2D eigenvalue weighted by Crippen LogP contribution is -2.44. The molecule has 3 fully saturated rings. The number of rotatable bonds is 6. The number of morpholine rings is 1. The Morgan fingerprint density at radius 2 is 1.52 bits per heavy atom. The smallest absolute Gasteiger partial charge is 0.233 e. The van der Waals surface area contributed by atoms with Crippen LogP contribution >= 0.6 is 0 Å². The van der Waals surface area contributed by atoms with Crippen molar-refractivity contribution in [2.24, 2.45) is 5.92 Å². The van der Waals surface area contributed by atoms with Crippen LogP contribution in [0.1, 0.15) is 42.4 Å². The molecule has 0 aromatic heterocycles. The molecular weight excluding hydrogens is 384 g/mol. The van der Waals surface area contributed by atoms with Gasteiger partial charge in [-0.05, 0) is 54.7 Å². The van der Waals surface area contributed by atoms with E-state index in [9.17, 15) is 4.79 Å². The van der Waals surface area contributed by atoms with E-state index in [4.69, 9.17) is 4.74 Å². The number of hydrogen-bond acceptors (Lipinski definition) is 3. The van der Waals surface area contributed by atoms with Crippen molar-refractivity contribution >= 4 is 5.91 Å². The van der Waals surface area contributed by atoms with Gasteiger partial charge in [-0.15, -0.1) is 0 Å². The quantitative estimate of drug-likeness (QED) is 0.710. The predicted molar refractivity (Wildman–Crippen MR) is 123 cm³/mol. The molecule has 2 saturated heterocycles. The molecule has 1 amide bonds. The van der Waals surface area contributed by atoms with E-state index in [1.165, 1.54) is 16.7 Å². The molecule has 0 unspecified atom stereocenters. The van der Waals surface area contributed by atoms with Crippen molar-refractivity contribution in [1.82, 2.24) is 9.80 Å². The van der Waals surface area contributed by atoms with Crippen molar-refractivity contribution in [3.63, 3.8) is 0 Å². The van der Waals surface area contributed by atoms with Gasteiger partial charge in [0.25, 0.3) is 0 Å². The van der Waals surface area contributed by atoms with Gasteiger partial charge in [0, 0.05) is 32.7 Å². The van der Waals surface area contributed by atoms with Crippen LogP contribution in [-0.2, 0) is 27.9 Å². The van der Waals surface area contributed by atoms with E-state index in [2.05, 4.69) is 58.3 Å². The molecule has 3 aliphatic rings. The van der Waals surface area contributed by atoms with E-state index in [-0.39, 0.29) is 5.41 Å². The van der Waals surface area contributed by atoms with Gasteiger partial charge in [0.05, 0.1) is 18.6 Å². The van der Waals surface area contributed by atoms with Crippen LogP contribution in [0.3, 0.4) is 0 Å². The summed E-state index contributed by atoms with van der Waals surface area (Å²) in [6.07, 6.45) is 5.38. The van der Waals surface area contributed by atoms with Crippen LogP contribution in [0.25, 0.3) is 0 Å². The number of nitrogens with zero attached hydrogens (tertiary/aromatic N) is 2. The van der Waals surface area contributed by atoms with Gasteiger partial charge in [-0.3, -0.25) is 9.69 Å². The van der Waals surface area contributed by atoms with Crippen molar-refractivity contribution in [3.05, 3.63) is 71.3 Å². The maximum absolute atomic E-state index is 13.3. The van der Waals surface area contributed by atoms with Crippen molar-refractivity contribution in [2.45, 2.75) is 44.1 Å². The third kappa shape index (κ3) is 4.70. The summed E-state index contributed by atoms with van der Waals surface area (Å²) >= 11 is 0. The Hall–Kier alpha value is -2.17. The summed E-state index contributed by atoms with van der Waals surface area (Å²) in [5, 5.41) is 0. The van der Waals surface area contributed by atoms with Crippen LogP contribution in [-0.4, -0.2) is 55.1 Å². The molecule has 31 heavy (non-hydrogen) atoms. The van der Waals surface area contributed by atoms with Crippen molar-refractivity contribution < 1.29 is 9.53 Å². The Balaban J connectivity index is 1.11. The van der Waals surface area contributed by atoms with Gasteiger partial charge in [0.15, 0.2) is 0 Å². The molecule has 164 valence electrons. The van der Waals surface area contributed by atoms with Gasteiger partial charge >= 0.3 is 0 Å². The molecule has 4 nitrogen and oxygen atoms in total. The average Bonchev–Trinajstić information content (AvgIpc) is 3.64. The molecule has 2 aromatic carbocycles. The zero-order valence-electron chi connectivity index (χ0n) is 18.5. The molecular formula is C27H34N2O2. The summed E-state index contributed by atoms with van der Waals surface area (Å²) in [5.41, 5.74) is 3.81. The van der Waals surface area contributed by atoms with Gasteiger partial charge in [0.1, 0.15) is 0 Å². The van der Waals surface area contributed by atoms with E-state index in [0.717, 1.165) is 78.0 Å². The zero-order chi connectivity index (χ0) is 21.1. The lowest BCUT2D eigenvalue weighted by molar-refractivity contribution is -0.135. The summed E-state index contributed by atoms with van der Waals surface area (Å²) in [6, 6.07) is 19.6. The van der Waals surface area contributed by atoms with Crippen molar-refractivity contribution in [2.75, 3.05) is 39.4 Å². The van der Waals surface area contributed by atoms with Crippen molar-refractivity contribution in [3.8, 4) is 0 Å². The molecule has 0 bridgehead atoms. The second-order valence-electron chi connectivity index (χ2n) is 9.59. The molecule has 2 aliphatic heterocycles. The van der Waals surface area contributed by atoms with Crippen LogP contribution < -0.4 is 0 Å². The highest BCUT2D eigenvalue weighted by Crippen LogP contribution is 2.50. The third-order valence-corrected chi connectivity index (χ3v) is 7.44. The second kappa shape index (κ2) is 9.13. The first-order valence-corrected chi connectivity index (χ1v) is 12.0. The van der Waals surface area contributed by atoms with Crippen LogP contribution in [0.15, 0.2) is 54.6 Å². The molecule has 1 saturated carbocycles. The number of piperidine rings is 1. The van der Waals surface area contributed by atoms with Crippen LogP contribution in [0.4, 0.5) is 0 Å². The minimum absolute atomic E-state index is 0.218. The summed E-state index contributed by atoms with van der Waals surface area (Å²) in [5.74, 6) is 1.05. The molecule has 0 atom stereocenters. The van der Waals surface area contributed by atoms with Gasteiger partial charge in [-0.2, -0.15) is 0 Å². The molecule has 0 radical (unpaired) electrons. The largest absolute Gasteiger partial charge is 0.379 e. The first-order chi connectivity index (χ1) is 15.2. The summed E-state index contributed by atoms with van der Waals surface area (Å²) in [7, 11) is 0. The Morgan fingerprint density at radius 1 is 0.871 bits per heavy atom. The number of ether oxygens (including phenoxy) is 1. The second-order valence-corrected chi connectivity index (χ2v) is 9.59. The zero-order valence-corrected chi connectivity index (χ0v) is 18.5. The first kappa shape index (κ1) is 20.7. The van der Waals surface area contributed by atoms with Gasteiger partial charge in [0.2, 0.25) is 5.91 Å². The summed E-state index contributed by atoms with van der Waals surface area (Å²) in [4.78, 5) is 17.9. The number of likely N-dealkylation sites (tertiary alicyclic amines) is 1. The number of benzene rings is 2. The van der Waals surface area contributed by atoms with E-state index < -0.39 is 0 Å². The average molecular weight is 419 g/mol. The van der Waals surface area contributed by atoms with E-state index in [1.54, 1.807) is 0 Å². The molecule has 5 rings (SSSR count).